The number of carbonyl (C=O) groups excluding carboxylic acids is 1. The molecule has 1 fully saturated rings. The summed E-state index contributed by atoms with van der Waals surface area (Å²) in [6.45, 7) is 3.85. The molecule has 0 spiro atoms. The van der Waals surface area contributed by atoms with E-state index in [4.69, 9.17) is 0 Å². The van der Waals surface area contributed by atoms with Crippen LogP contribution >= 0.6 is 0 Å². The van der Waals surface area contributed by atoms with Gasteiger partial charge in [-0.2, -0.15) is 0 Å². The van der Waals surface area contributed by atoms with Gasteiger partial charge >= 0.3 is 0 Å². The van der Waals surface area contributed by atoms with E-state index in [1.54, 1.807) is 0 Å². The molecule has 1 rings (SSSR count). The molecule has 3 heteroatoms. The molecule has 1 saturated carbocycles. The Morgan fingerprint density at radius 1 is 1.29 bits per heavy atom. The Morgan fingerprint density at radius 2 is 2.07 bits per heavy atom. The molecule has 1 amide bonds. The van der Waals surface area contributed by atoms with Crippen molar-refractivity contribution >= 4 is 5.91 Å². The Hall–Kier alpha value is -0.570. The topological polar surface area (TPSA) is 41.1 Å². The third kappa shape index (κ3) is 5.97. The van der Waals surface area contributed by atoms with Crippen LogP contribution in [0.3, 0.4) is 0 Å². The van der Waals surface area contributed by atoms with Crippen molar-refractivity contribution < 1.29 is 4.79 Å². The highest BCUT2D eigenvalue weighted by atomic mass is 16.1. The van der Waals surface area contributed by atoms with Gasteiger partial charge in [0.2, 0.25) is 5.91 Å². The molecule has 3 nitrogen and oxygen atoms in total. The average Bonchev–Trinajstić information content (AvgIpc) is 2.97. The third-order valence-electron chi connectivity index (χ3n) is 2.46. The van der Waals surface area contributed by atoms with E-state index in [9.17, 15) is 4.79 Å². The lowest BCUT2D eigenvalue weighted by Gasteiger charge is -2.05. The van der Waals surface area contributed by atoms with Crippen LogP contribution in [0.2, 0.25) is 0 Å². The second kappa shape index (κ2) is 6.82. The van der Waals surface area contributed by atoms with Crippen molar-refractivity contribution in [1.82, 2.24) is 10.6 Å². The van der Waals surface area contributed by atoms with E-state index in [1.807, 2.05) is 0 Å². The van der Waals surface area contributed by atoms with Crippen LogP contribution in [0.15, 0.2) is 0 Å². The molecule has 0 aromatic heterocycles. The van der Waals surface area contributed by atoms with Gasteiger partial charge in [0.25, 0.3) is 0 Å². The van der Waals surface area contributed by atoms with Gasteiger partial charge in [0.15, 0.2) is 0 Å². The summed E-state index contributed by atoms with van der Waals surface area (Å²) in [7, 11) is 0. The SMILES string of the molecule is CCCCCC(=O)NCCNC1CC1. The fourth-order valence-corrected chi connectivity index (χ4v) is 1.39. The third-order valence-corrected chi connectivity index (χ3v) is 2.46. The average molecular weight is 198 g/mol. The molecule has 1 aliphatic carbocycles. The van der Waals surface area contributed by atoms with Gasteiger partial charge in [-0.05, 0) is 19.3 Å². The van der Waals surface area contributed by atoms with E-state index >= 15 is 0 Å². The van der Waals surface area contributed by atoms with E-state index in [2.05, 4.69) is 17.6 Å². The van der Waals surface area contributed by atoms with E-state index in [-0.39, 0.29) is 5.91 Å². The smallest absolute Gasteiger partial charge is 0.220 e. The summed E-state index contributed by atoms with van der Waals surface area (Å²) < 4.78 is 0. The molecule has 2 N–H and O–H groups in total. The molecule has 0 radical (unpaired) electrons. The van der Waals surface area contributed by atoms with Gasteiger partial charge in [-0.3, -0.25) is 4.79 Å². The van der Waals surface area contributed by atoms with Crippen LogP contribution in [-0.2, 0) is 4.79 Å². The number of nitrogens with one attached hydrogen (secondary N) is 2. The number of rotatable bonds is 8. The van der Waals surface area contributed by atoms with E-state index in [1.165, 1.54) is 19.3 Å². The van der Waals surface area contributed by atoms with Gasteiger partial charge < -0.3 is 10.6 Å². The number of hydrogen-bond donors (Lipinski definition) is 2. The van der Waals surface area contributed by atoms with Crippen LogP contribution in [0.25, 0.3) is 0 Å². The molecule has 0 aromatic rings. The minimum Gasteiger partial charge on any atom is -0.355 e. The number of carbonyl (C=O) groups is 1. The van der Waals surface area contributed by atoms with Gasteiger partial charge in [-0.1, -0.05) is 19.8 Å². The van der Waals surface area contributed by atoms with Crippen LogP contribution < -0.4 is 10.6 Å². The highest BCUT2D eigenvalue weighted by Gasteiger charge is 2.19. The quantitative estimate of drug-likeness (QED) is 0.579. The predicted octanol–water partition coefficient (Wildman–Crippen LogP) is 1.43. The summed E-state index contributed by atoms with van der Waals surface area (Å²) in [5.41, 5.74) is 0. The minimum absolute atomic E-state index is 0.205. The van der Waals surface area contributed by atoms with Gasteiger partial charge in [0.1, 0.15) is 0 Å². The predicted molar refractivity (Wildman–Crippen MR) is 58.2 cm³/mol. The molecule has 82 valence electrons. The zero-order chi connectivity index (χ0) is 10.2. The lowest BCUT2D eigenvalue weighted by atomic mass is 10.2. The van der Waals surface area contributed by atoms with Gasteiger partial charge in [-0.25, -0.2) is 0 Å². The molecule has 0 aromatic carbocycles. The Kier molecular flexibility index (Phi) is 5.60. The second-order valence-electron chi connectivity index (χ2n) is 4.04. The first-order valence-electron chi connectivity index (χ1n) is 5.83. The Balaban J connectivity index is 1.81. The van der Waals surface area contributed by atoms with Crippen LogP contribution in [0.5, 0.6) is 0 Å². The standard InChI is InChI=1S/C11H22N2O/c1-2-3-4-5-11(14)13-9-8-12-10-6-7-10/h10,12H,2-9H2,1H3,(H,13,14). The fourth-order valence-electron chi connectivity index (χ4n) is 1.39. The van der Waals surface area contributed by atoms with Crippen molar-refractivity contribution in [2.75, 3.05) is 13.1 Å². The Labute approximate surface area is 86.6 Å². The maximum atomic E-state index is 11.2. The zero-order valence-electron chi connectivity index (χ0n) is 9.14. The van der Waals surface area contributed by atoms with Crippen molar-refractivity contribution in [1.29, 1.82) is 0 Å². The minimum atomic E-state index is 0.205. The molecule has 0 heterocycles. The molecule has 14 heavy (non-hydrogen) atoms. The largest absolute Gasteiger partial charge is 0.355 e. The summed E-state index contributed by atoms with van der Waals surface area (Å²) in [5, 5.41) is 6.29. The molecule has 0 atom stereocenters. The van der Waals surface area contributed by atoms with Gasteiger partial charge in [0.05, 0.1) is 0 Å². The summed E-state index contributed by atoms with van der Waals surface area (Å²) in [6.07, 6.45) is 6.68. The molecular formula is C11H22N2O. The van der Waals surface area contributed by atoms with Crippen LogP contribution in [0.1, 0.15) is 45.4 Å². The van der Waals surface area contributed by atoms with Crippen LogP contribution in [0, 0.1) is 0 Å². The molecule has 0 bridgehead atoms. The molecule has 0 saturated heterocycles. The van der Waals surface area contributed by atoms with Crippen LogP contribution in [0.4, 0.5) is 0 Å². The maximum absolute atomic E-state index is 11.2. The lowest BCUT2D eigenvalue weighted by Crippen LogP contribution is -2.32. The van der Waals surface area contributed by atoms with Crippen molar-refractivity contribution in [3.8, 4) is 0 Å². The van der Waals surface area contributed by atoms with Crippen LogP contribution in [-0.4, -0.2) is 25.0 Å². The summed E-state index contributed by atoms with van der Waals surface area (Å²) in [5.74, 6) is 0.205. The van der Waals surface area contributed by atoms with Crippen molar-refractivity contribution in [3.05, 3.63) is 0 Å². The summed E-state index contributed by atoms with van der Waals surface area (Å²) in [4.78, 5) is 11.2. The molecular weight excluding hydrogens is 176 g/mol. The number of unbranched alkanes of at least 4 members (excludes halogenated alkanes) is 2. The van der Waals surface area contributed by atoms with Crippen molar-refractivity contribution in [2.24, 2.45) is 0 Å². The normalized spacial score (nSPS) is 15.5. The van der Waals surface area contributed by atoms with Gasteiger partial charge in [-0.15, -0.1) is 0 Å². The van der Waals surface area contributed by atoms with E-state index in [0.717, 1.165) is 32.0 Å². The fraction of sp³-hybridized carbons (Fsp3) is 0.909. The Morgan fingerprint density at radius 3 is 2.71 bits per heavy atom. The van der Waals surface area contributed by atoms with Gasteiger partial charge in [0, 0.05) is 25.6 Å². The molecule has 0 unspecified atom stereocenters. The highest BCUT2D eigenvalue weighted by molar-refractivity contribution is 5.75. The maximum Gasteiger partial charge on any atom is 0.220 e. The second-order valence-corrected chi connectivity index (χ2v) is 4.04. The highest BCUT2D eigenvalue weighted by Crippen LogP contribution is 2.17. The number of amides is 1. The number of hydrogen-bond acceptors (Lipinski definition) is 2. The van der Waals surface area contributed by atoms with Crippen molar-refractivity contribution in [2.45, 2.75) is 51.5 Å². The van der Waals surface area contributed by atoms with E-state index < -0.39 is 0 Å². The summed E-state index contributed by atoms with van der Waals surface area (Å²) >= 11 is 0. The summed E-state index contributed by atoms with van der Waals surface area (Å²) in [6, 6.07) is 0.743. The molecule has 0 aliphatic heterocycles. The first-order valence-corrected chi connectivity index (χ1v) is 5.83. The lowest BCUT2D eigenvalue weighted by molar-refractivity contribution is -0.121. The first kappa shape index (κ1) is 11.5. The van der Waals surface area contributed by atoms with E-state index in [0.29, 0.717) is 6.42 Å². The molecule has 1 aliphatic rings. The first-order chi connectivity index (χ1) is 6.83. The van der Waals surface area contributed by atoms with Crippen molar-refractivity contribution in [3.63, 3.8) is 0 Å². The monoisotopic (exact) mass is 198 g/mol. The Bertz CT molecular complexity index is 167. The zero-order valence-corrected chi connectivity index (χ0v) is 9.14.